The van der Waals surface area contributed by atoms with Crippen molar-refractivity contribution in [3.63, 3.8) is 0 Å². The van der Waals surface area contributed by atoms with E-state index in [0.717, 1.165) is 4.90 Å². The molecule has 1 aromatic rings. The van der Waals surface area contributed by atoms with Gasteiger partial charge in [-0.3, -0.25) is 4.79 Å². The number of piperazine rings is 1. The first-order chi connectivity index (χ1) is 11.0. The number of sulfonamides is 1. The van der Waals surface area contributed by atoms with Gasteiger partial charge in [-0.25, -0.2) is 8.42 Å². The van der Waals surface area contributed by atoms with E-state index in [1.165, 1.54) is 4.31 Å². The number of amides is 1. The third-order valence-electron chi connectivity index (χ3n) is 4.17. The minimum absolute atomic E-state index is 0.0285. The lowest BCUT2D eigenvalue weighted by atomic mass is 10.2. The monoisotopic (exact) mass is 338 g/mol. The standard InChI is InChI=1S/C16H23N3O3S/c1-3-9-17-16(20)14(2)18-10-12-19(13-11-18)23(21,22)15-7-5-4-6-8-15/h3-8,14H,1,9-13H2,2H3,(H,17,20)/p+1/t14-/m1/s1. The molecule has 0 spiro atoms. The highest BCUT2D eigenvalue weighted by Crippen LogP contribution is 2.14. The summed E-state index contributed by atoms with van der Waals surface area (Å²) in [5.74, 6) is -0.0285. The molecule has 1 amide bonds. The lowest BCUT2D eigenvalue weighted by Crippen LogP contribution is -3.19. The summed E-state index contributed by atoms with van der Waals surface area (Å²) in [5, 5.41) is 2.79. The first-order valence-electron chi connectivity index (χ1n) is 7.75. The van der Waals surface area contributed by atoms with Crippen LogP contribution in [-0.4, -0.2) is 57.4 Å². The fourth-order valence-corrected chi connectivity index (χ4v) is 4.16. The molecule has 7 heteroatoms. The van der Waals surface area contributed by atoms with Crippen molar-refractivity contribution in [3.8, 4) is 0 Å². The summed E-state index contributed by atoms with van der Waals surface area (Å²) in [6.07, 6.45) is 1.64. The Balaban J connectivity index is 1.96. The van der Waals surface area contributed by atoms with E-state index in [1.54, 1.807) is 36.4 Å². The molecule has 1 aromatic carbocycles. The average molecular weight is 338 g/mol. The van der Waals surface area contributed by atoms with E-state index in [1.807, 2.05) is 6.92 Å². The Morgan fingerprint density at radius 2 is 1.96 bits per heavy atom. The molecule has 0 saturated carbocycles. The van der Waals surface area contributed by atoms with Gasteiger partial charge >= 0.3 is 0 Å². The van der Waals surface area contributed by atoms with E-state index in [4.69, 9.17) is 0 Å². The number of nitrogens with one attached hydrogen (secondary N) is 2. The molecule has 1 heterocycles. The number of benzene rings is 1. The van der Waals surface area contributed by atoms with Gasteiger partial charge in [-0.15, -0.1) is 6.58 Å². The predicted octanol–water partition coefficient (Wildman–Crippen LogP) is -0.733. The molecule has 126 valence electrons. The first kappa shape index (κ1) is 17.7. The molecule has 1 fully saturated rings. The molecular formula is C16H24N3O3S+. The van der Waals surface area contributed by atoms with Crippen LogP contribution in [0.1, 0.15) is 6.92 Å². The van der Waals surface area contributed by atoms with Crippen LogP contribution in [0, 0.1) is 0 Å². The number of carbonyl (C=O) groups is 1. The van der Waals surface area contributed by atoms with E-state index < -0.39 is 10.0 Å². The van der Waals surface area contributed by atoms with Crippen LogP contribution in [0.5, 0.6) is 0 Å². The summed E-state index contributed by atoms with van der Waals surface area (Å²) in [4.78, 5) is 13.4. The van der Waals surface area contributed by atoms with Gasteiger partial charge in [0.1, 0.15) is 0 Å². The zero-order valence-corrected chi connectivity index (χ0v) is 14.2. The summed E-state index contributed by atoms with van der Waals surface area (Å²) in [6, 6.07) is 8.27. The van der Waals surface area contributed by atoms with Gasteiger partial charge in [0.2, 0.25) is 10.0 Å². The Bertz CT molecular complexity index is 638. The Kier molecular flexibility index (Phi) is 5.92. The number of hydrogen-bond acceptors (Lipinski definition) is 3. The van der Waals surface area contributed by atoms with Crippen LogP contribution in [0.3, 0.4) is 0 Å². The summed E-state index contributed by atoms with van der Waals surface area (Å²) < 4.78 is 26.6. The summed E-state index contributed by atoms with van der Waals surface area (Å²) in [5.41, 5.74) is 0. The maximum Gasteiger partial charge on any atom is 0.278 e. The van der Waals surface area contributed by atoms with Crippen molar-refractivity contribution < 1.29 is 18.1 Å². The second kappa shape index (κ2) is 7.72. The van der Waals surface area contributed by atoms with Crippen LogP contribution in [0.2, 0.25) is 0 Å². The second-order valence-corrected chi connectivity index (χ2v) is 7.57. The van der Waals surface area contributed by atoms with Crippen molar-refractivity contribution in [1.82, 2.24) is 9.62 Å². The van der Waals surface area contributed by atoms with Gasteiger partial charge in [-0.05, 0) is 19.1 Å². The highest BCUT2D eigenvalue weighted by atomic mass is 32.2. The molecule has 1 aliphatic heterocycles. The zero-order valence-electron chi connectivity index (χ0n) is 13.4. The number of carbonyl (C=O) groups excluding carboxylic acids is 1. The van der Waals surface area contributed by atoms with Crippen molar-refractivity contribution in [2.45, 2.75) is 17.9 Å². The van der Waals surface area contributed by atoms with Crippen LogP contribution < -0.4 is 10.2 Å². The largest absolute Gasteiger partial charge is 0.347 e. The number of hydrogen-bond donors (Lipinski definition) is 2. The lowest BCUT2D eigenvalue weighted by molar-refractivity contribution is -0.917. The zero-order chi connectivity index (χ0) is 16.9. The molecule has 1 aliphatic rings. The summed E-state index contributed by atoms with van der Waals surface area (Å²) in [7, 11) is -3.44. The van der Waals surface area contributed by atoms with Gasteiger partial charge in [0.25, 0.3) is 5.91 Å². The van der Waals surface area contributed by atoms with Crippen LogP contribution in [0.4, 0.5) is 0 Å². The smallest absolute Gasteiger partial charge is 0.278 e. The van der Waals surface area contributed by atoms with E-state index >= 15 is 0 Å². The Morgan fingerprint density at radius 1 is 1.35 bits per heavy atom. The third kappa shape index (κ3) is 4.19. The molecule has 0 aromatic heterocycles. The van der Waals surface area contributed by atoms with E-state index in [0.29, 0.717) is 37.6 Å². The normalized spacial score (nSPS) is 18.3. The maximum absolute atomic E-state index is 12.6. The van der Waals surface area contributed by atoms with Crippen molar-refractivity contribution in [3.05, 3.63) is 43.0 Å². The van der Waals surface area contributed by atoms with E-state index in [-0.39, 0.29) is 11.9 Å². The van der Waals surface area contributed by atoms with Crippen LogP contribution >= 0.6 is 0 Å². The lowest BCUT2D eigenvalue weighted by Gasteiger charge is -2.34. The SMILES string of the molecule is C=CCNC(=O)[C@@H](C)[NH+]1CCN(S(=O)(=O)c2ccccc2)CC1. The fraction of sp³-hybridized carbons (Fsp3) is 0.438. The molecule has 0 bridgehead atoms. The number of rotatable bonds is 6. The van der Waals surface area contributed by atoms with Crippen molar-refractivity contribution in [1.29, 1.82) is 0 Å². The molecule has 0 radical (unpaired) electrons. The first-order valence-corrected chi connectivity index (χ1v) is 9.19. The number of quaternary nitrogens is 1. The molecule has 0 aliphatic carbocycles. The quantitative estimate of drug-likeness (QED) is 0.672. The van der Waals surface area contributed by atoms with Crippen molar-refractivity contribution in [2.75, 3.05) is 32.7 Å². The molecule has 1 atom stereocenters. The average Bonchev–Trinajstić information content (AvgIpc) is 2.59. The topological polar surface area (TPSA) is 70.9 Å². The third-order valence-corrected chi connectivity index (χ3v) is 6.08. The molecule has 6 nitrogen and oxygen atoms in total. The van der Waals surface area contributed by atoms with Crippen molar-refractivity contribution in [2.24, 2.45) is 0 Å². The summed E-state index contributed by atoms with van der Waals surface area (Å²) >= 11 is 0. The van der Waals surface area contributed by atoms with E-state index in [2.05, 4.69) is 11.9 Å². The Morgan fingerprint density at radius 3 is 2.52 bits per heavy atom. The molecule has 2 N–H and O–H groups in total. The molecule has 2 rings (SSSR count). The highest BCUT2D eigenvalue weighted by Gasteiger charge is 2.34. The molecule has 0 unspecified atom stereocenters. The Labute approximate surface area is 137 Å². The highest BCUT2D eigenvalue weighted by molar-refractivity contribution is 7.89. The van der Waals surface area contributed by atoms with Gasteiger partial charge < -0.3 is 10.2 Å². The van der Waals surface area contributed by atoms with Crippen LogP contribution in [-0.2, 0) is 14.8 Å². The fourth-order valence-electron chi connectivity index (χ4n) is 2.70. The molecular weight excluding hydrogens is 314 g/mol. The van der Waals surface area contributed by atoms with Gasteiger partial charge in [0.15, 0.2) is 6.04 Å². The van der Waals surface area contributed by atoms with E-state index in [9.17, 15) is 13.2 Å². The van der Waals surface area contributed by atoms with Crippen LogP contribution in [0.15, 0.2) is 47.9 Å². The second-order valence-electron chi connectivity index (χ2n) is 5.63. The van der Waals surface area contributed by atoms with Gasteiger partial charge in [-0.2, -0.15) is 4.31 Å². The minimum atomic E-state index is -3.44. The van der Waals surface area contributed by atoms with Gasteiger partial charge in [-0.1, -0.05) is 24.3 Å². The van der Waals surface area contributed by atoms with Crippen LogP contribution in [0.25, 0.3) is 0 Å². The predicted molar refractivity (Wildman–Crippen MR) is 88.6 cm³/mol. The van der Waals surface area contributed by atoms with Gasteiger partial charge in [0.05, 0.1) is 31.1 Å². The minimum Gasteiger partial charge on any atom is -0.347 e. The molecule has 23 heavy (non-hydrogen) atoms. The maximum atomic E-state index is 12.6. The number of nitrogens with zero attached hydrogens (tertiary/aromatic N) is 1. The van der Waals surface area contributed by atoms with Crippen molar-refractivity contribution >= 4 is 15.9 Å². The molecule has 1 saturated heterocycles. The summed E-state index contributed by atoms with van der Waals surface area (Å²) in [6.45, 7) is 7.98. The van der Waals surface area contributed by atoms with Gasteiger partial charge in [0, 0.05) is 6.54 Å². The Hall–Kier alpha value is -1.70.